The summed E-state index contributed by atoms with van der Waals surface area (Å²) in [5, 5.41) is 0. The standard InChI is InChI=1S/C4H11P.BH3/c1-4(2)3-5;/h4H,3,5H2,1-2H3;1H3. The molecule has 0 amide bonds. The molecule has 0 aromatic rings. The van der Waals surface area contributed by atoms with Crippen LogP contribution in [0.3, 0.4) is 0 Å². The van der Waals surface area contributed by atoms with Gasteiger partial charge in [0.1, 0.15) is 0 Å². The van der Waals surface area contributed by atoms with E-state index in [-0.39, 0.29) is 8.41 Å². The van der Waals surface area contributed by atoms with Gasteiger partial charge in [0.15, 0.2) is 0 Å². The zero-order valence-electron chi connectivity index (χ0n) is 3.86. The molecule has 1 unspecified atom stereocenters. The Balaban J connectivity index is 0. The number of hydrogen-bond acceptors (Lipinski definition) is 0. The highest BCUT2D eigenvalue weighted by Gasteiger charge is 1.80. The van der Waals surface area contributed by atoms with Crippen LogP contribution in [-0.4, -0.2) is 14.6 Å². The molecule has 0 heterocycles. The summed E-state index contributed by atoms with van der Waals surface area (Å²) < 4.78 is 0. The van der Waals surface area contributed by atoms with Crippen LogP contribution in [0, 0.1) is 5.92 Å². The summed E-state index contributed by atoms with van der Waals surface area (Å²) in [4.78, 5) is 0. The predicted molar refractivity (Wildman–Crippen MR) is 39.4 cm³/mol. The van der Waals surface area contributed by atoms with Gasteiger partial charge in [0.05, 0.1) is 8.41 Å². The fourth-order valence-electron chi connectivity index (χ4n) is 0. The molecule has 1 atom stereocenters. The van der Waals surface area contributed by atoms with Crippen LogP contribution in [0.4, 0.5) is 0 Å². The van der Waals surface area contributed by atoms with E-state index < -0.39 is 0 Å². The Morgan fingerprint density at radius 3 is 1.67 bits per heavy atom. The van der Waals surface area contributed by atoms with E-state index in [1.165, 1.54) is 6.16 Å². The van der Waals surface area contributed by atoms with Crippen molar-refractivity contribution in [1.82, 2.24) is 0 Å². The summed E-state index contributed by atoms with van der Waals surface area (Å²) in [6.07, 6.45) is 1.22. The molecule has 0 aliphatic rings. The first kappa shape index (κ1) is 9.71. The topological polar surface area (TPSA) is 0 Å². The van der Waals surface area contributed by atoms with E-state index in [0.717, 1.165) is 5.92 Å². The van der Waals surface area contributed by atoms with Crippen molar-refractivity contribution < 1.29 is 0 Å². The van der Waals surface area contributed by atoms with Crippen molar-refractivity contribution in [3.8, 4) is 0 Å². The second kappa shape index (κ2) is 5.49. The summed E-state index contributed by atoms with van der Waals surface area (Å²) in [7, 11) is 2.69. The lowest BCUT2D eigenvalue weighted by Gasteiger charge is -1.90. The van der Waals surface area contributed by atoms with Crippen molar-refractivity contribution in [2.75, 3.05) is 6.16 Å². The molecule has 0 N–H and O–H groups in total. The first-order chi connectivity index (χ1) is 2.27. The fourth-order valence-corrected chi connectivity index (χ4v) is 0. The number of rotatable bonds is 1. The molecule has 0 rings (SSSR count). The monoisotopic (exact) mass is 104 g/mol. The van der Waals surface area contributed by atoms with Crippen LogP contribution in [-0.2, 0) is 0 Å². The zero-order chi connectivity index (χ0) is 4.28. The zero-order valence-corrected chi connectivity index (χ0v) is 5.02. The molecular weight excluding hydrogens is 89.8 g/mol. The van der Waals surface area contributed by atoms with Crippen LogP contribution in [0.2, 0.25) is 0 Å². The van der Waals surface area contributed by atoms with E-state index in [1.807, 2.05) is 0 Å². The van der Waals surface area contributed by atoms with Crippen LogP contribution < -0.4 is 0 Å². The smallest absolute Gasteiger partial charge is 0.0814 e. The average molecular weight is 104 g/mol. The maximum atomic E-state index is 2.69. The van der Waals surface area contributed by atoms with Gasteiger partial charge in [-0.3, -0.25) is 0 Å². The predicted octanol–water partition coefficient (Wildman–Crippen LogP) is 0.334. The SMILES string of the molecule is B.CC(C)CP. The molecule has 0 aromatic heterocycles. The Kier molecular flexibility index (Phi) is 8.89. The van der Waals surface area contributed by atoms with Crippen LogP contribution in [0.5, 0.6) is 0 Å². The van der Waals surface area contributed by atoms with Crippen molar-refractivity contribution in [2.24, 2.45) is 5.92 Å². The van der Waals surface area contributed by atoms with Crippen molar-refractivity contribution >= 4 is 17.7 Å². The Bertz CT molecular complexity index is 21.5. The minimum Gasteiger partial charge on any atom is -0.137 e. The molecule has 0 spiro atoms. The lowest BCUT2D eigenvalue weighted by atomic mass is 10.3. The maximum absolute atomic E-state index is 2.69. The highest BCUT2D eigenvalue weighted by Crippen LogP contribution is 1.94. The lowest BCUT2D eigenvalue weighted by Crippen LogP contribution is -1.82. The van der Waals surface area contributed by atoms with Crippen LogP contribution in [0.1, 0.15) is 13.8 Å². The summed E-state index contributed by atoms with van der Waals surface area (Å²) in [6.45, 7) is 4.40. The Morgan fingerprint density at radius 2 is 1.67 bits per heavy atom. The van der Waals surface area contributed by atoms with Crippen molar-refractivity contribution in [1.29, 1.82) is 0 Å². The van der Waals surface area contributed by atoms with E-state index >= 15 is 0 Å². The van der Waals surface area contributed by atoms with Gasteiger partial charge in [0, 0.05) is 0 Å². The van der Waals surface area contributed by atoms with Gasteiger partial charge in [-0.1, -0.05) is 13.8 Å². The van der Waals surface area contributed by atoms with E-state index in [0.29, 0.717) is 0 Å². The van der Waals surface area contributed by atoms with Gasteiger partial charge in [-0.25, -0.2) is 0 Å². The van der Waals surface area contributed by atoms with E-state index in [9.17, 15) is 0 Å². The van der Waals surface area contributed by atoms with Gasteiger partial charge in [-0.05, 0) is 12.1 Å². The molecule has 0 fully saturated rings. The largest absolute Gasteiger partial charge is 0.137 e. The normalized spacial score (nSPS) is 8.00. The van der Waals surface area contributed by atoms with Gasteiger partial charge in [-0.2, -0.15) is 0 Å². The molecule has 0 radical (unpaired) electrons. The van der Waals surface area contributed by atoms with Gasteiger partial charge in [0.25, 0.3) is 0 Å². The van der Waals surface area contributed by atoms with Gasteiger partial charge in [-0.15, -0.1) is 9.24 Å². The fraction of sp³-hybridized carbons (Fsp3) is 1.00. The number of hydrogen-bond donors (Lipinski definition) is 0. The van der Waals surface area contributed by atoms with Crippen molar-refractivity contribution in [2.45, 2.75) is 13.8 Å². The summed E-state index contributed by atoms with van der Waals surface area (Å²) >= 11 is 0. The quantitative estimate of drug-likeness (QED) is 0.332. The molecule has 38 valence electrons. The lowest BCUT2D eigenvalue weighted by molar-refractivity contribution is 0.750. The Labute approximate surface area is 44.5 Å². The first-order valence-electron chi connectivity index (χ1n) is 1.97. The maximum Gasteiger partial charge on any atom is 0.0814 e. The molecule has 0 aliphatic heterocycles. The molecule has 0 saturated heterocycles. The van der Waals surface area contributed by atoms with Gasteiger partial charge >= 0.3 is 0 Å². The van der Waals surface area contributed by atoms with Crippen LogP contribution in [0.25, 0.3) is 0 Å². The first-order valence-corrected chi connectivity index (χ1v) is 2.79. The van der Waals surface area contributed by atoms with Gasteiger partial charge in [0.2, 0.25) is 0 Å². The van der Waals surface area contributed by atoms with E-state index in [4.69, 9.17) is 0 Å². The molecule has 6 heavy (non-hydrogen) atoms. The molecule has 0 aliphatic carbocycles. The third-order valence-electron chi connectivity index (χ3n) is 0.471. The molecule has 0 nitrogen and oxygen atoms in total. The van der Waals surface area contributed by atoms with Crippen LogP contribution >= 0.6 is 9.24 Å². The molecule has 0 saturated carbocycles. The second-order valence-corrected chi connectivity index (χ2v) is 2.10. The second-order valence-electron chi connectivity index (χ2n) is 1.63. The van der Waals surface area contributed by atoms with Crippen molar-refractivity contribution in [3.05, 3.63) is 0 Å². The molecule has 0 aromatic carbocycles. The van der Waals surface area contributed by atoms with Gasteiger partial charge < -0.3 is 0 Å². The third-order valence-corrected chi connectivity index (χ3v) is 1.41. The minimum atomic E-state index is 0. The Morgan fingerprint density at radius 1 is 1.50 bits per heavy atom. The molecule has 2 heteroatoms. The summed E-state index contributed by atoms with van der Waals surface area (Å²) in [5.74, 6) is 0.847. The van der Waals surface area contributed by atoms with Crippen molar-refractivity contribution in [3.63, 3.8) is 0 Å². The average Bonchev–Trinajstić information content (AvgIpc) is 1.38. The van der Waals surface area contributed by atoms with E-state index in [1.54, 1.807) is 0 Å². The Hall–Kier alpha value is 0.495. The summed E-state index contributed by atoms with van der Waals surface area (Å²) in [5.41, 5.74) is 0. The highest BCUT2D eigenvalue weighted by molar-refractivity contribution is 7.16. The third kappa shape index (κ3) is 8.82. The van der Waals surface area contributed by atoms with Crippen LogP contribution in [0.15, 0.2) is 0 Å². The summed E-state index contributed by atoms with van der Waals surface area (Å²) in [6, 6.07) is 0. The highest BCUT2D eigenvalue weighted by atomic mass is 31.0. The minimum absolute atomic E-state index is 0. The molecular formula is C4H14BP. The van der Waals surface area contributed by atoms with E-state index in [2.05, 4.69) is 23.1 Å². The molecule has 0 bridgehead atoms.